The maximum absolute atomic E-state index is 9.64. The Balaban J connectivity index is 2.38. The molecule has 0 aromatic carbocycles. The molecule has 1 unspecified atom stereocenters. The van der Waals surface area contributed by atoms with Crippen LogP contribution in [0.2, 0.25) is 0 Å². The SMILES string of the molecule is CCCC(COC)NCC1(CO)CCCCC1. The number of hydrogen-bond donors (Lipinski definition) is 2. The van der Waals surface area contributed by atoms with Crippen molar-refractivity contribution in [2.45, 2.75) is 57.9 Å². The Kier molecular flexibility index (Phi) is 7.09. The lowest BCUT2D eigenvalue weighted by molar-refractivity contribution is 0.0712. The molecular formula is C14H29NO2. The minimum absolute atomic E-state index is 0.137. The zero-order valence-corrected chi connectivity index (χ0v) is 11.5. The molecular weight excluding hydrogens is 214 g/mol. The molecule has 0 spiro atoms. The first kappa shape index (κ1) is 14.9. The van der Waals surface area contributed by atoms with Gasteiger partial charge in [0.25, 0.3) is 0 Å². The lowest BCUT2D eigenvalue weighted by Gasteiger charge is -2.37. The second-order valence-corrected chi connectivity index (χ2v) is 5.54. The fraction of sp³-hybridized carbons (Fsp3) is 1.00. The molecule has 1 saturated carbocycles. The first-order valence-electron chi connectivity index (χ1n) is 7.09. The number of aliphatic hydroxyl groups is 1. The highest BCUT2D eigenvalue weighted by Gasteiger charge is 2.31. The zero-order valence-electron chi connectivity index (χ0n) is 11.5. The maximum atomic E-state index is 9.64. The fourth-order valence-electron chi connectivity index (χ4n) is 2.85. The van der Waals surface area contributed by atoms with Crippen molar-refractivity contribution in [1.29, 1.82) is 0 Å². The van der Waals surface area contributed by atoms with Gasteiger partial charge in [0, 0.05) is 31.7 Å². The summed E-state index contributed by atoms with van der Waals surface area (Å²) < 4.78 is 5.24. The van der Waals surface area contributed by atoms with Crippen LogP contribution >= 0.6 is 0 Å². The van der Waals surface area contributed by atoms with Crippen molar-refractivity contribution in [2.24, 2.45) is 5.41 Å². The summed E-state index contributed by atoms with van der Waals surface area (Å²) in [5.41, 5.74) is 0.137. The maximum Gasteiger partial charge on any atom is 0.0615 e. The van der Waals surface area contributed by atoms with Gasteiger partial charge in [-0.1, -0.05) is 32.6 Å². The summed E-state index contributed by atoms with van der Waals surface area (Å²) in [5, 5.41) is 13.2. The summed E-state index contributed by atoms with van der Waals surface area (Å²) in [6.45, 7) is 4.24. The first-order chi connectivity index (χ1) is 8.26. The van der Waals surface area contributed by atoms with E-state index < -0.39 is 0 Å². The number of hydrogen-bond acceptors (Lipinski definition) is 3. The molecule has 17 heavy (non-hydrogen) atoms. The number of ether oxygens (including phenoxy) is 1. The zero-order chi connectivity index (χ0) is 12.6. The van der Waals surface area contributed by atoms with Crippen molar-refractivity contribution in [1.82, 2.24) is 5.32 Å². The molecule has 0 heterocycles. The molecule has 3 heteroatoms. The molecule has 0 bridgehead atoms. The number of methoxy groups -OCH3 is 1. The second kappa shape index (κ2) is 8.06. The van der Waals surface area contributed by atoms with E-state index in [0.717, 1.165) is 19.6 Å². The van der Waals surface area contributed by atoms with E-state index >= 15 is 0 Å². The van der Waals surface area contributed by atoms with E-state index in [4.69, 9.17) is 4.74 Å². The molecule has 1 fully saturated rings. The molecule has 0 aromatic heterocycles. The van der Waals surface area contributed by atoms with Crippen molar-refractivity contribution in [3.05, 3.63) is 0 Å². The molecule has 0 aromatic rings. The van der Waals surface area contributed by atoms with Crippen LogP contribution in [0.5, 0.6) is 0 Å². The van der Waals surface area contributed by atoms with Gasteiger partial charge in [0.2, 0.25) is 0 Å². The molecule has 1 aliphatic rings. The predicted octanol–water partition coefficient (Wildman–Crippen LogP) is 2.33. The van der Waals surface area contributed by atoms with Gasteiger partial charge in [0.15, 0.2) is 0 Å². The van der Waals surface area contributed by atoms with Crippen molar-refractivity contribution < 1.29 is 9.84 Å². The van der Waals surface area contributed by atoms with Crippen LogP contribution in [0.15, 0.2) is 0 Å². The van der Waals surface area contributed by atoms with Crippen LogP contribution in [0, 0.1) is 5.41 Å². The minimum atomic E-state index is 0.137. The number of rotatable bonds is 8. The molecule has 1 atom stereocenters. The highest BCUT2D eigenvalue weighted by atomic mass is 16.5. The van der Waals surface area contributed by atoms with E-state index in [1.54, 1.807) is 7.11 Å². The third-order valence-electron chi connectivity index (χ3n) is 4.02. The Hall–Kier alpha value is -0.120. The third kappa shape index (κ3) is 4.94. The van der Waals surface area contributed by atoms with E-state index in [-0.39, 0.29) is 5.41 Å². The van der Waals surface area contributed by atoms with E-state index in [2.05, 4.69) is 12.2 Å². The largest absolute Gasteiger partial charge is 0.396 e. The lowest BCUT2D eigenvalue weighted by atomic mass is 9.74. The molecule has 0 amide bonds. The first-order valence-corrected chi connectivity index (χ1v) is 7.09. The molecule has 0 radical (unpaired) electrons. The number of nitrogens with one attached hydrogen (secondary N) is 1. The monoisotopic (exact) mass is 243 g/mol. The quantitative estimate of drug-likeness (QED) is 0.687. The van der Waals surface area contributed by atoms with Crippen molar-refractivity contribution >= 4 is 0 Å². The lowest BCUT2D eigenvalue weighted by Crippen LogP contribution is -2.44. The van der Waals surface area contributed by atoms with Crippen molar-refractivity contribution in [2.75, 3.05) is 26.9 Å². The normalized spacial score (nSPS) is 21.4. The van der Waals surface area contributed by atoms with Crippen LogP contribution in [0.1, 0.15) is 51.9 Å². The Morgan fingerprint density at radius 3 is 2.53 bits per heavy atom. The standard InChI is InChI=1S/C14H29NO2/c1-3-7-13(10-17-2)15-11-14(12-16)8-5-4-6-9-14/h13,15-16H,3-12H2,1-2H3. The highest BCUT2D eigenvalue weighted by Crippen LogP contribution is 2.35. The van der Waals surface area contributed by atoms with Crippen molar-refractivity contribution in [3.8, 4) is 0 Å². The van der Waals surface area contributed by atoms with Gasteiger partial charge in [-0.3, -0.25) is 0 Å². The molecule has 102 valence electrons. The summed E-state index contributed by atoms with van der Waals surface area (Å²) in [6.07, 6.45) is 8.53. The van der Waals surface area contributed by atoms with Gasteiger partial charge in [-0.2, -0.15) is 0 Å². The Morgan fingerprint density at radius 1 is 1.29 bits per heavy atom. The van der Waals surface area contributed by atoms with E-state index in [9.17, 15) is 5.11 Å². The van der Waals surface area contributed by atoms with Crippen LogP contribution in [0.25, 0.3) is 0 Å². The predicted molar refractivity (Wildman–Crippen MR) is 71.2 cm³/mol. The van der Waals surface area contributed by atoms with Crippen LogP contribution in [-0.4, -0.2) is 38.0 Å². The topological polar surface area (TPSA) is 41.5 Å². The highest BCUT2D eigenvalue weighted by molar-refractivity contribution is 4.85. The molecule has 2 N–H and O–H groups in total. The Labute approximate surface area is 106 Å². The van der Waals surface area contributed by atoms with Crippen LogP contribution in [0.3, 0.4) is 0 Å². The van der Waals surface area contributed by atoms with E-state index in [0.29, 0.717) is 12.6 Å². The van der Waals surface area contributed by atoms with Crippen LogP contribution in [0.4, 0.5) is 0 Å². The van der Waals surface area contributed by atoms with Crippen LogP contribution < -0.4 is 5.32 Å². The average molecular weight is 243 g/mol. The third-order valence-corrected chi connectivity index (χ3v) is 4.02. The summed E-state index contributed by atoms with van der Waals surface area (Å²) in [5.74, 6) is 0. The fourth-order valence-corrected chi connectivity index (χ4v) is 2.85. The Morgan fingerprint density at radius 2 is 2.00 bits per heavy atom. The van der Waals surface area contributed by atoms with Gasteiger partial charge in [0.1, 0.15) is 0 Å². The van der Waals surface area contributed by atoms with Gasteiger partial charge in [-0.25, -0.2) is 0 Å². The molecule has 3 nitrogen and oxygen atoms in total. The van der Waals surface area contributed by atoms with E-state index in [1.807, 2.05) is 0 Å². The average Bonchev–Trinajstić information content (AvgIpc) is 2.38. The van der Waals surface area contributed by atoms with Gasteiger partial charge in [0.05, 0.1) is 6.61 Å². The van der Waals surface area contributed by atoms with Gasteiger partial charge in [-0.15, -0.1) is 0 Å². The van der Waals surface area contributed by atoms with Gasteiger partial charge < -0.3 is 15.2 Å². The molecule has 0 saturated heterocycles. The summed E-state index contributed by atoms with van der Waals surface area (Å²) in [4.78, 5) is 0. The molecule has 1 rings (SSSR count). The number of aliphatic hydroxyl groups excluding tert-OH is 1. The van der Waals surface area contributed by atoms with Gasteiger partial charge in [-0.05, 0) is 19.3 Å². The summed E-state index contributed by atoms with van der Waals surface area (Å²) in [7, 11) is 1.76. The summed E-state index contributed by atoms with van der Waals surface area (Å²) >= 11 is 0. The molecule has 0 aliphatic heterocycles. The van der Waals surface area contributed by atoms with E-state index in [1.165, 1.54) is 38.5 Å². The second-order valence-electron chi connectivity index (χ2n) is 5.54. The molecule has 1 aliphatic carbocycles. The summed E-state index contributed by atoms with van der Waals surface area (Å²) in [6, 6.07) is 0.440. The Bertz CT molecular complexity index is 185. The van der Waals surface area contributed by atoms with Crippen molar-refractivity contribution in [3.63, 3.8) is 0 Å². The minimum Gasteiger partial charge on any atom is -0.396 e. The van der Waals surface area contributed by atoms with Gasteiger partial charge >= 0.3 is 0 Å². The van der Waals surface area contributed by atoms with Crippen LogP contribution in [-0.2, 0) is 4.74 Å². The smallest absolute Gasteiger partial charge is 0.0615 e.